The second-order valence-electron chi connectivity index (χ2n) is 2.26. The molecular weight excluding hydrogens is 166 g/mol. The van der Waals surface area contributed by atoms with Crippen LogP contribution in [0.1, 0.15) is 11.0 Å². The van der Waals surface area contributed by atoms with E-state index in [4.69, 9.17) is 4.74 Å². The number of nitrogens with zero attached hydrogens (tertiary/aromatic N) is 1. The average molecular weight is 171 g/mol. The van der Waals surface area contributed by atoms with Gasteiger partial charge in [-0.15, -0.1) is 0 Å². The summed E-state index contributed by atoms with van der Waals surface area (Å²) in [7, 11) is 0. The van der Waals surface area contributed by atoms with Crippen molar-refractivity contribution in [2.75, 3.05) is 6.61 Å². The lowest BCUT2D eigenvalue weighted by atomic mass is 10.4. The van der Waals surface area contributed by atoms with Crippen molar-refractivity contribution < 1.29 is 9.66 Å². The van der Waals surface area contributed by atoms with Gasteiger partial charge in [0.2, 0.25) is 0 Å². The van der Waals surface area contributed by atoms with E-state index in [2.05, 4.69) is 0 Å². The molecule has 2 heterocycles. The fraction of sp³-hybridized carbons (Fsp3) is 0.333. The maximum absolute atomic E-state index is 10.2. The van der Waals surface area contributed by atoms with E-state index in [1.165, 1.54) is 17.4 Å². The number of epoxide rings is 1. The Labute approximate surface area is 66.6 Å². The predicted octanol–water partition coefficient (Wildman–Crippen LogP) is 1.73. The molecule has 0 amide bonds. The Hall–Kier alpha value is -0.940. The zero-order chi connectivity index (χ0) is 7.84. The van der Waals surface area contributed by atoms with E-state index in [0.717, 1.165) is 4.88 Å². The van der Waals surface area contributed by atoms with Crippen LogP contribution >= 0.6 is 11.3 Å². The number of ether oxygens (including phenoxy) is 1. The molecule has 5 heteroatoms. The molecule has 1 fully saturated rings. The summed E-state index contributed by atoms with van der Waals surface area (Å²) in [4.78, 5) is 10.8. The summed E-state index contributed by atoms with van der Waals surface area (Å²) < 4.78 is 4.98. The zero-order valence-corrected chi connectivity index (χ0v) is 6.34. The number of hydrogen-bond acceptors (Lipinski definition) is 4. The zero-order valence-electron chi connectivity index (χ0n) is 5.52. The normalized spacial score (nSPS) is 21.6. The van der Waals surface area contributed by atoms with E-state index in [9.17, 15) is 10.1 Å². The van der Waals surface area contributed by atoms with Crippen LogP contribution in [0, 0.1) is 10.1 Å². The number of hydrogen-bond donors (Lipinski definition) is 0. The average Bonchev–Trinajstić information content (AvgIpc) is 2.68. The van der Waals surface area contributed by atoms with E-state index >= 15 is 0 Å². The molecule has 1 aromatic heterocycles. The Kier molecular flexibility index (Phi) is 1.40. The second-order valence-corrected chi connectivity index (χ2v) is 3.35. The number of thiophene rings is 1. The van der Waals surface area contributed by atoms with Crippen LogP contribution in [0.25, 0.3) is 0 Å². The molecule has 1 aliphatic rings. The van der Waals surface area contributed by atoms with Crippen molar-refractivity contribution >= 4 is 16.3 Å². The summed E-state index contributed by atoms with van der Waals surface area (Å²) in [6.45, 7) is 0.706. The monoisotopic (exact) mass is 171 g/mol. The SMILES string of the molecule is O=[N+]([O-])c1ccc([C@H]2CO2)s1. The van der Waals surface area contributed by atoms with Gasteiger partial charge in [0.25, 0.3) is 0 Å². The molecule has 11 heavy (non-hydrogen) atoms. The van der Waals surface area contributed by atoms with Crippen molar-refractivity contribution in [2.45, 2.75) is 6.10 Å². The molecule has 1 saturated heterocycles. The molecule has 1 aromatic rings. The first kappa shape index (κ1) is 6.75. The van der Waals surface area contributed by atoms with Gasteiger partial charge in [0.1, 0.15) is 6.10 Å². The van der Waals surface area contributed by atoms with Crippen LogP contribution in [-0.2, 0) is 4.74 Å². The highest BCUT2D eigenvalue weighted by molar-refractivity contribution is 7.15. The first-order valence-electron chi connectivity index (χ1n) is 3.13. The maximum Gasteiger partial charge on any atom is 0.324 e. The smallest absolute Gasteiger partial charge is 0.324 e. The van der Waals surface area contributed by atoms with Crippen molar-refractivity contribution in [1.29, 1.82) is 0 Å². The molecule has 0 unspecified atom stereocenters. The third kappa shape index (κ3) is 1.24. The molecule has 58 valence electrons. The largest absolute Gasteiger partial charge is 0.367 e. The Morgan fingerprint density at radius 3 is 2.91 bits per heavy atom. The van der Waals surface area contributed by atoms with Crippen LogP contribution < -0.4 is 0 Å². The lowest BCUT2D eigenvalue weighted by Crippen LogP contribution is -1.80. The van der Waals surface area contributed by atoms with Crippen LogP contribution in [0.4, 0.5) is 5.00 Å². The van der Waals surface area contributed by atoms with Gasteiger partial charge in [0.15, 0.2) is 0 Å². The Bertz CT molecular complexity index is 292. The van der Waals surface area contributed by atoms with Crippen molar-refractivity contribution in [3.8, 4) is 0 Å². The molecule has 4 nitrogen and oxygen atoms in total. The summed E-state index contributed by atoms with van der Waals surface area (Å²) in [6, 6.07) is 3.27. The molecule has 2 rings (SSSR count). The van der Waals surface area contributed by atoms with Gasteiger partial charge in [-0.3, -0.25) is 10.1 Å². The lowest BCUT2D eigenvalue weighted by molar-refractivity contribution is -0.380. The minimum atomic E-state index is -0.378. The van der Waals surface area contributed by atoms with Gasteiger partial charge >= 0.3 is 5.00 Å². The number of rotatable bonds is 2. The molecule has 0 aliphatic carbocycles. The first-order valence-corrected chi connectivity index (χ1v) is 3.95. The van der Waals surface area contributed by atoms with E-state index in [-0.39, 0.29) is 16.0 Å². The quantitative estimate of drug-likeness (QED) is 0.387. The minimum Gasteiger partial charge on any atom is -0.367 e. The molecule has 0 spiro atoms. The van der Waals surface area contributed by atoms with Crippen molar-refractivity contribution in [3.63, 3.8) is 0 Å². The minimum absolute atomic E-state index is 0.133. The number of nitro groups is 1. The van der Waals surface area contributed by atoms with E-state index in [1.54, 1.807) is 6.07 Å². The highest BCUT2D eigenvalue weighted by Gasteiger charge is 2.28. The third-order valence-electron chi connectivity index (χ3n) is 1.44. The topological polar surface area (TPSA) is 55.7 Å². The summed E-state index contributed by atoms with van der Waals surface area (Å²) in [6.07, 6.45) is 0.133. The highest BCUT2D eigenvalue weighted by atomic mass is 32.1. The summed E-state index contributed by atoms with van der Waals surface area (Å²) in [5.74, 6) is 0. The predicted molar refractivity (Wildman–Crippen MR) is 39.7 cm³/mol. The van der Waals surface area contributed by atoms with Crippen molar-refractivity contribution in [1.82, 2.24) is 0 Å². The Morgan fingerprint density at radius 2 is 2.45 bits per heavy atom. The van der Waals surface area contributed by atoms with Crippen molar-refractivity contribution in [2.24, 2.45) is 0 Å². The van der Waals surface area contributed by atoms with Crippen LogP contribution in [0.15, 0.2) is 12.1 Å². The molecule has 0 aromatic carbocycles. The molecule has 1 atom stereocenters. The fourth-order valence-electron chi connectivity index (χ4n) is 0.826. The van der Waals surface area contributed by atoms with Gasteiger partial charge in [-0.1, -0.05) is 11.3 Å². The van der Waals surface area contributed by atoms with E-state index in [1.807, 2.05) is 0 Å². The van der Waals surface area contributed by atoms with Gasteiger partial charge in [0.05, 0.1) is 11.5 Å². The van der Waals surface area contributed by atoms with E-state index in [0.29, 0.717) is 6.61 Å². The maximum atomic E-state index is 10.2. The van der Waals surface area contributed by atoms with Gasteiger partial charge in [0, 0.05) is 10.9 Å². The molecular formula is C6H5NO3S. The van der Waals surface area contributed by atoms with Crippen LogP contribution in [0.2, 0.25) is 0 Å². The third-order valence-corrected chi connectivity index (χ3v) is 2.57. The molecule has 0 radical (unpaired) electrons. The van der Waals surface area contributed by atoms with Crippen LogP contribution in [-0.4, -0.2) is 11.5 Å². The molecule has 1 aliphatic heterocycles. The summed E-state index contributed by atoms with van der Waals surface area (Å²) in [5, 5.41) is 10.4. The Morgan fingerprint density at radius 1 is 1.73 bits per heavy atom. The van der Waals surface area contributed by atoms with Gasteiger partial charge in [-0.2, -0.15) is 0 Å². The second kappa shape index (κ2) is 2.28. The van der Waals surface area contributed by atoms with Gasteiger partial charge in [-0.25, -0.2) is 0 Å². The van der Waals surface area contributed by atoms with Gasteiger partial charge in [-0.05, 0) is 6.07 Å². The van der Waals surface area contributed by atoms with Crippen LogP contribution in [0.3, 0.4) is 0 Å². The fourth-order valence-corrected chi connectivity index (χ4v) is 1.68. The lowest BCUT2D eigenvalue weighted by Gasteiger charge is -1.81. The van der Waals surface area contributed by atoms with Crippen molar-refractivity contribution in [3.05, 3.63) is 27.1 Å². The highest BCUT2D eigenvalue weighted by Crippen LogP contribution is 2.37. The van der Waals surface area contributed by atoms with Gasteiger partial charge < -0.3 is 4.74 Å². The Balaban J connectivity index is 2.25. The van der Waals surface area contributed by atoms with E-state index < -0.39 is 0 Å². The summed E-state index contributed by atoms with van der Waals surface area (Å²) in [5.41, 5.74) is 0. The first-order chi connectivity index (χ1) is 5.27. The van der Waals surface area contributed by atoms with Crippen LogP contribution in [0.5, 0.6) is 0 Å². The molecule has 0 saturated carbocycles. The standard InChI is InChI=1S/C6H5NO3S/c8-7(9)6-2-1-5(11-6)4-3-10-4/h1-2,4H,3H2/t4-/m1/s1. The molecule has 0 bridgehead atoms. The summed E-state index contributed by atoms with van der Waals surface area (Å²) >= 11 is 1.19. The molecule has 0 N–H and O–H groups in total.